The van der Waals surface area contributed by atoms with E-state index >= 15 is 0 Å². The van der Waals surface area contributed by atoms with Crippen molar-refractivity contribution < 1.29 is 14.6 Å². The molecule has 1 aromatic carbocycles. The lowest BCUT2D eigenvalue weighted by Gasteiger charge is -2.04. The maximum absolute atomic E-state index is 11.8. The summed E-state index contributed by atoms with van der Waals surface area (Å²) >= 11 is 0. The van der Waals surface area contributed by atoms with Crippen LogP contribution in [0.2, 0.25) is 0 Å². The monoisotopic (exact) mass is 306 g/mol. The lowest BCUT2D eigenvalue weighted by Crippen LogP contribution is -2.05. The summed E-state index contributed by atoms with van der Waals surface area (Å²) in [6.07, 6.45) is 9.51. The predicted molar refractivity (Wildman–Crippen MR) is 87.3 cm³/mol. The molecule has 122 valence electrons. The van der Waals surface area contributed by atoms with Crippen molar-refractivity contribution in [1.29, 1.82) is 0 Å². The average Bonchev–Trinajstić information content (AvgIpc) is 2.68. The molecule has 0 atom stereocenters. The number of esters is 1. The summed E-state index contributed by atoms with van der Waals surface area (Å²) in [7, 11) is 0. The van der Waals surface area contributed by atoms with Gasteiger partial charge >= 0.3 is 5.97 Å². The van der Waals surface area contributed by atoms with Gasteiger partial charge in [-0.1, -0.05) is 51.9 Å². The molecule has 0 fully saturated rings. The third-order valence-electron chi connectivity index (χ3n) is 3.55. The molecule has 0 aliphatic heterocycles. The molecule has 0 saturated heterocycles. The third-order valence-corrected chi connectivity index (χ3v) is 3.55. The van der Waals surface area contributed by atoms with E-state index in [1.807, 2.05) is 0 Å². The minimum Gasteiger partial charge on any atom is -0.504 e. The highest BCUT2D eigenvalue weighted by Gasteiger charge is 2.06. The second-order valence-corrected chi connectivity index (χ2v) is 5.48. The molecule has 0 radical (unpaired) electrons. The Labute approximate surface area is 132 Å². The summed E-state index contributed by atoms with van der Waals surface area (Å²) in [5, 5.41) is 9.27. The minimum atomic E-state index is -0.512. The van der Waals surface area contributed by atoms with Crippen LogP contribution < -0.4 is 5.43 Å². The number of hydrogen-bond acceptors (Lipinski definition) is 4. The van der Waals surface area contributed by atoms with Crippen LogP contribution in [0.3, 0.4) is 0 Å². The van der Waals surface area contributed by atoms with E-state index in [4.69, 9.17) is 4.74 Å². The number of rotatable bonds is 10. The van der Waals surface area contributed by atoms with Crippen LogP contribution in [0.1, 0.15) is 68.6 Å². The highest BCUT2D eigenvalue weighted by Crippen LogP contribution is 2.09. The van der Waals surface area contributed by atoms with Gasteiger partial charge in [0.25, 0.3) is 0 Å². The first kappa shape index (κ1) is 18.2. The van der Waals surface area contributed by atoms with Crippen LogP contribution in [-0.2, 0) is 4.74 Å². The number of hydrogen-bond donors (Lipinski definition) is 1. The van der Waals surface area contributed by atoms with Gasteiger partial charge in [-0.25, -0.2) is 4.79 Å². The molecule has 22 heavy (non-hydrogen) atoms. The van der Waals surface area contributed by atoms with E-state index in [1.54, 1.807) is 0 Å². The quantitative estimate of drug-likeness (QED) is 0.523. The predicted octanol–water partition coefficient (Wildman–Crippen LogP) is 4.05. The van der Waals surface area contributed by atoms with Gasteiger partial charge in [0, 0.05) is 0 Å². The second kappa shape index (κ2) is 10.8. The minimum absolute atomic E-state index is 0.275. The Balaban J connectivity index is 2.19. The van der Waals surface area contributed by atoms with Gasteiger partial charge in [0.05, 0.1) is 12.2 Å². The van der Waals surface area contributed by atoms with Gasteiger partial charge in [0.1, 0.15) is 0 Å². The zero-order valence-electron chi connectivity index (χ0n) is 13.3. The molecule has 0 spiro atoms. The highest BCUT2D eigenvalue weighted by atomic mass is 16.5. The van der Waals surface area contributed by atoms with Crippen LogP contribution in [0.15, 0.2) is 29.1 Å². The van der Waals surface area contributed by atoms with Crippen molar-refractivity contribution in [2.75, 3.05) is 6.61 Å². The molecule has 0 aliphatic rings. The molecular weight excluding hydrogens is 280 g/mol. The largest absolute Gasteiger partial charge is 0.504 e. The van der Waals surface area contributed by atoms with Crippen LogP contribution in [0.25, 0.3) is 0 Å². The fraction of sp³-hybridized carbons (Fsp3) is 0.556. The molecule has 4 heteroatoms. The Bertz CT molecular complexity index is 511. The summed E-state index contributed by atoms with van der Waals surface area (Å²) in [6.45, 7) is 2.60. The van der Waals surface area contributed by atoms with E-state index in [-0.39, 0.29) is 11.3 Å². The van der Waals surface area contributed by atoms with Crippen molar-refractivity contribution in [1.82, 2.24) is 0 Å². The average molecular weight is 306 g/mol. The van der Waals surface area contributed by atoms with Crippen molar-refractivity contribution in [3.8, 4) is 5.75 Å². The van der Waals surface area contributed by atoms with Gasteiger partial charge in [0.15, 0.2) is 5.75 Å². The molecule has 1 aromatic rings. The Hall–Kier alpha value is -1.84. The fourth-order valence-electron chi connectivity index (χ4n) is 2.18. The lowest BCUT2D eigenvalue weighted by atomic mass is 10.1. The second-order valence-electron chi connectivity index (χ2n) is 5.48. The van der Waals surface area contributed by atoms with Crippen LogP contribution in [-0.4, -0.2) is 17.7 Å². The van der Waals surface area contributed by atoms with Crippen molar-refractivity contribution >= 4 is 5.97 Å². The van der Waals surface area contributed by atoms with E-state index in [2.05, 4.69) is 6.92 Å². The Morgan fingerprint density at radius 3 is 2.23 bits per heavy atom. The van der Waals surface area contributed by atoms with Gasteiger partial charge in [-0.05, 0) is 30.7 Å². The van der Waals surface area contributed by atoms with E-state index in [0.29, 0.717) is 6.61 Å². The van der Waals surface area contributed by atoms with E-state index in [0.717, 1.165) is 12.8 Å². The van der Waals surface area contributed by atoms with Gasteiger partial charge < -0.3 is 9.84 Å². The molecule has 1 rings (SSSR count). The summed E-state index contributed by atoms with van der Waals surface area (Å²) < 4.78 is 5.17. The van der Waals surface area contributed by atoms with Crippen LogP contribution in [0.5, 0.6) is 5.75 Å². The summed E-state index contributed by atoms with van der Waals surface area (Å²) in [4.78, 5) is 23.0. The number of aromatic hydroxyl groups is 1. The summed E-state index contributed by atoms with van der Waals surface area (Å²) in [5.41, 5.74) is -0.237. The maximum atomic E-state index is 11.8. The maximum Gasteiger partial charge on any atom is 0.338 e. The Kier molecular flexibility index (Phi) is 8.96. The zero-order chi connectivity index (χ0) is 16.2. The number of unbranched alkanes of at least 4 members (excludes halogenated alkanes) is 7. The number of carbonyl (C=O) groups excluding carboxylic acids is 1. The molecule has 0 amide bonds. The molecule has 0 bridgehead atoms. The van der Waals surface area contributed by atoms with Crippen molar-refractivity contribution in [2.24, 2.45) is 0 Å². The van der Waals surface area contributed by atoms with Gasteiger partial charge in [-0.2, -0.15) is 0 Å². The zero-order valence-corrected chi connectivity index (χ0v) is 13.3. The van der Waals surface area contributed by atoms with Crippen LogP contribution in [0, 0.1) is 0 Å². The smallest absolute Gasteiger partial charge is 0.338 e. The summed E-state index contributed by atoms with van der Waals surface area (Å²) in [5.74, 6) is -0.833. The molecule has 0 heterocycles. The lowest BCUT2D eigenvalue weighted by molar-refractivity contribution is 0.0498. The molecule has 4 nitrogen and oxygen atoms in total. The summed E-state index contributed by atoms with van der Waals surface area (Å²) in [6, 6.07) is 5.16. The van der Waals surface area contributed by atoms with Gasteiger partial charge in [0.2, 0.25) is 5.43 Å². The van der Waals surface area contributed by atoms with Crippen LogP contribution >= 0.6 is 0 Å². The Morgan fingerprint density at radius 1 is 0.955 bits per heavy atom. The number of carbonyl (C=O) groups is 1. The van der Waals surface area contributed by atoms with E-state index in [1.165, 1.54) is 62.8 Å². The molecule has 0 unspecified atom stereocenters. The van der Waals surface area contributed by atoms with Crippen molar-refractivity contribution in [2.45, 2.75) is 58.3 Å². The molecule has 0 aliphatic carbocycles. The molecule has 0 aromatic heterocycles. The normalized spacial score (nSPS) is 10.4. The first-order valence-corrected chi connectivity index (χ1v) is 8.15. The fourth-order valence-corrected chi connectivity index (χ4v) is 2.18. The first-order chi connectivity index (χ1) is 10.6. The van der Waals surface area contributed by atoms with Crippen molar-refractivity contribution in [3.63, 3.8) is 0 Å². The Morgan fingerprint density at radius 2 is 1.55 bits per heavy atom. The molecule has 0 saturated carbocycles. The topological polar surface area (TPSA) is 63.6 Å². The number of ether oxygens (including phenoxy) is 1. The van der Waals surface area contributed by atoms with Gasteiger partial charge in [-0.15, -0.1) is 0 Å². The SMILES string of the molecule is CCCCCCCCCCOC(=O)c1ccc(O)c(=O)cc1. The van der Waals surface area contributed by atoms with Crippen LogP contribution in [0.4, 0.5) is 0 Å². The molecular formula is C18H26O4. The standard InChI is InChI=1S/C18H26O4/c1-2-3-4-5-6-7-8-9-14-22-18(21)15-10-12-16(19)17(20)13-11-15/h10-13H,2-9,14H2,1H3,(H,19,20). The van der Waals surface area contributed by atoms with Gasteiger partial charge in [-0.3, -0.25) is 4.79 Å². The van der Waals surface area contributed by atoms with E-state index < -0.39 is 11.4 Å². The van der Waals surface area contributed by atoms with Crippen molar-refractivity contribution in [3.05, 3.63) is 40.1 Å². The third kappa shape index (κ3) is 7.25. The first-order valence-electron chi connectivity index (χ1n) is 8.15. The van der Waals surface area contributed by atoms with E-state index in [9.17, 15) is 14.7 Å². The molecule has 1 N–H and O–H groups in total. The highest BCUT2D eigenvalue weighted by molar-refractivity contribution is 5.89.